The van der Waals surface area contributed by atoms with Gasteiger partial charge in [-0.15, -0.1) is 0 Å². The van der Waals surface area contributed by atoms with Gasteiger partial charge < -0.3 is 15.1 Å². The molecule has 3 N–H and O–H groups in total. The van der Waals surface area contributed by atoms with Crippen LogP contribution in [0.1, 0.15) is 23.2 Å². The molecule has 0 bridgehead atoms. The van der Waals surface area contributed by atoms with Crippen molar-refractivity contribution in [2.45, 2.75) is 18.9 Å². The molecule has 2 aromatic rings. The van der Waals surface area contributed by atoms with Crippen molar-refractivity contribution in [3.05, 3.63) is 44.5 Å². The van der Waals surface area contributed by atoms with Crippen molar-refractivity contribution < 1.29 is 15.0 Å². The molecule has 1 saturated heterocycles. The smallest absolute Gasteiger partial charge is 0.340 e. The predicted molar refractivity (Wildman–Crippen MR) is 79.2 cm³/mol. The number of carbonyl (C=O) groups is 1. The lowest BCUT2D eigenvalue weighted by molar-refractivity contribution is 0.0697. The summed E-state index contributed by atoms with van der Waals surface area (Å²) >= 11 is 0. The number of aromatic nitrogens is 1. The number of rotatable bonds is 4. The van der Waals surface area contributed by atoms with Gasteiger partial charge in [-0.2, -0.15) is 4.68 Å². The number of carboxylic acids is 1. The number of aliphatic hydroxyl groups is 1. The Morgan fingerprint density at radius 3 is 2.59 bits per heavy atom. The van der Waals surface area contributed by atoms with Crippen LogP contribution in [0.4, 0.5) is 11.4 Å². The van der Waals surface area contributed by atoms with Gasteiger partial charge in [0.15, 0.2) is 0 Å². The van der Waals surface area contributed by atoms with Gasteiger partial charge in [-0.1, -0.05) is 6.07 Å². The van der Waals surface area contributed by atoms with Crippen molar-refractivity contribution in [1.82, 2.24) is 4.68 Å². The van der Waals surface area contributed by atoms with E-state index in [2.05, 4.69) is 5.43 Å². The molecule has 8 heteroatoms. The first-order chi connectivity index (χ1) is 10.5. The largest absolute Gasteiger partial charge is 0.478 e. The summed E-state index contributed by atoms with van der Waals surface area (Å²) in [7, 11) is 0. The zero-order chi connectivity index (χ0) is 15.9. The van der Waals surface area contributed by atoms with E-state index in [0.29, 0.717) is 25.2 Å². The highest BCUT2D eigenvalue weighted by Crippen LogP contribution is 2.30. The zero-order valence-corrected chi connectivity index (χ0v) is 11.7. The summed E-state index contributed by atoms with van der Waals surface area (Å²) in [5, 5.41) is 19.3. The van der Waals surface area contributed by atoms with Crippen LogP contribution >= 0.6 is 0 Å². The van der Waals surface area contributed by atoms with Crippen LogP contribution in [0.5, 0.6) is 0 Å². The molecular formula is C14H15N3O5. The quantitative estimate of drug-likeness (QED) is 0.660. The van der Waals surface area contributed by atoms with Gasteiger partial charge in [0.05, 0.1) is 17.5 Å². The van der Waals surface area contributed by atoms with Crippen molar-refractivity contribution in [2.75, 3.05) is 23.4 Å². The maximum absolute atomic E-state index is 11.6. The van der Waals surface area contributed by atoms with E-state index in [1.807, 2.05) is 0 Å². The van der Waals surface area contributed by atoms with E-state index >= 15 is 0 Å². The highest BCUT2D eigenvalue weighted by atomic mass is 16.4. The first-order valence-electron chi connectivity index (χ1n) is 6.93. The average Bonchev–Trinajstić information content (AvgIpc) is 3.05. The summed E-state index contributed by atoms with van der Waals surface area (Å²) in [6.07, 6.45) is 0.955. The number of hydrogen-bond acceptors (Lipinski definition) is 6. The molecule has 2 heterocycles. The van der Waals surface area contributed by atoms with E-state index in [1.165, 1.54) is 6.07 Å². The van der Waals surface area contributed by atoms with Crippen LogP contribution in [0.25, 0.3) is 0 Å². The molecule has 0 saturated carbocycles. The summed E-state index contributed by atoms with van der Waals surface area (Å²) in [5.74, 6) is -1.17. The number of benzene rings is 1. The highest BCUT2D eigenvalue weighted by Gasteiger charge is 2.26. The number of nitrogens with one attached hydrogen (secondary N) is 1. The van der Waals surface area contributed by atoms with E-state index < -0.39 is 23.2 Å². The Kier molecular flexibility index (Phi) is 3.45. The number of aromatic carboxylic acids is 1. The number of anilines is 2. The second-order valence-electron chi connectivity index (χ2n) is 5.30. The molecule has 1 aliphatic heterocycles. The Balaban J connectivity index is 1.99. The number of piperidine rings is 1. The molecule has 0 aliphatic carbocycles. The first kappa shape index (κ1) is 14.3. The third-order valence-corrected chi connectivity index (χ3v) is 3.76. The van der Waals surface area contributed by atoms with Crippen LogP contribution in [-0.4, -0.2) is 40.1 Å². The van der Waals surface area contributed by atoms with Gasteiger partial charge in [-0.05, 0) is 25.0 Å². The molecule has 1 unspecified atom stereocenters. The van der Waals surface area contributed by atoms with E-state index in [-0.39, 0.29) is 11.3 Å². The molecule has 1 atom stereocenters. The maximum Gasteiger partial charge on any atom is 0.340 e. The van der Waals surface area contributed by atoms with Crippen LogP contribution in [0.15, 0.2) is 27.8 Å². The van der Waals surface area contributed by atoms with Crippen LogP contribution < -0.4 is 21.4 Å². The Labute approximate surface area is 124 Å². The molecule has 3 rings (SSSR count). The van der Waals surface area contributed by atoms with Crippen LogP contribution in [0.2, 0.25) is 0 Å². The van der Waals surface area contributed by atoms with Gasteiger partial charge in [0.1, 0.15) is 5.56 Å². The molecule has 1 aliphatic rings. The second kappa shape index (κ2) is 5.30. The molecule has 0 amide bonds. The fraction of sp³-hybridized carbons (Fsp3) is 0.357. The van der Waals surface area contributed by atoms with Gasteiger partial charge in [0, 0.05) is 13.1 Å². The maximum atomic E-state index is 11.6. The molecular weight excluding hydrogens is 290 g/mol. The third kappa shape index (κ3) is 2.48. The predicted octanol–water partition coefficient (Wildman–Crippen LogP) is -0.381. The summed E-state index contributed by atoms with van der Waals surface area (Å²) in [6.45, 7) is 0.994. The fourth-order valence-corrected chi connectivity index (χ4v) is 2.65. The second-order valence-corrected chi connectivity index (χ2v) is 5.30. The molecule has 0 spiro atoms. The van der Waals surface area contributed by atoms with E-state index in [0.717, 1.165) is 11.1 Å². The fourth-order valence-electron chi connectivity index (χ4n) is 2.65. The van der Waals surface area contributed by atoms with E-state index in [1.54, 1.807) is 17.0 Å². The number of nitrogens with zero attached hydrogens (tertiary/aromatic N) is 2. The van der Waals surface area contributed by atoms with Gasteiger partial charge in [-0.3, -0.25) is 15.0 Å². The van der Waals surface area contributed by atoms with E-state index in [4.69, 9.17) is 0 Å². The lowest BCUT2D eigenvalue weighted by Gasteiger charge is -2.33. The molecule has 8 nitrogen and oxygen atoms in total. The molecule has 0 radical (unpaired) electrons. The minimum atomic E-state index is -1.17. The van der Waals surface area contributed by atoms with Gasteiger partial charge in [-0.25, -0.2) is 4.79 Å². The van der Waals surface area contributed by atoms with Gasteiger partial charge >= 0.3 is 17.1 Å². The Morgan fingerprint density at radius 1 is 1.27 bits per heavy atom. The Bertz CT molecular complexity index is 764. The lowest BCUT2D eigenvalue weighted by Crippen LogP contribution is -2.39. The molecule has 22 heavy (non-hydrogen) atoms. The van der Waals surface area contributed by atoms with Crippen molar-refractivity contribution in [3.63, 3.8) is 0 Å². The summed E-state index contributed by atoms with van der Waals surface area (Å²) < 4.78 is 0.761. The summed E-state index contributed by atoms with van der Waals surface area (Å²) in [4.78, 5) is 35.5. The molecule has 116 valence electrons. The minimum Gasteiger partial charge on any atom is -0.478 e. The average molecular weight is 305 g/mol. The number of hydrogen-bond donors (Lipinski definition) is 3. The van der Waals surface area contributed by atoms with Crippen molar-refractivity contribution in [2.24, 2.45) is 0 Å². The molecule has 1 fully saturated rings. The SMILES string of the molecule is O=C(O)c1c(Nn2c(=O)c2=O)cccc1N1CCCC(O)C1. The first-order valence-corrected chi connectivity index (χ1v) is 6.93. The van der Waals surface area contributed by atoms with E-state index in [9.17, 15) is 24.6 Å². The topological polar surface area (TPSA) is 112 Å². The van der Waals surface area contributed by atoms with Gasteiger partial charge in [0.25, 0.3) is 0 Å². The van der Waals surface area contributed by atoms with Crippen LogP contribution in [-0.2, 0) is 0 Å². The standard InChI is InChI=1S/C14H15N3O5/c18-8-3-2-6-16(7-8)10-5-1-4-9(11(10)14(21)22)15-17-12(19)13(17)20/h1,4-5,8,15,18H,2-3,6-7H2,(H,21,22). The number of aliphatic hydroxyl groups excluding tert-OH is 1. The van der Waals surface area contributed by atoms with Gasteiger partial charge in [0.2, 0.25) is 0 Å². The van der Waals surface area contributed by atoms with Crippen molar-refractivity contribution in [1.29, 1.82) is 0 Å². The van der Waals surface area contributed by atoms with Crippen molar-refractivity contribution >= 4 is 17.3 Å². The zero-order valence-electron chi connectivity index (χ0n) is 11.7. The van der Waals surface area contributed by atoms with Crippen LogP contribution in [0.3, 0.4) is 0 Å². The number of carboxylic acid groups (broad SMARTS) is 1. The Hall–Kier alpha value is -2.61. The molecule has 1 aromatic heterocycles. The number of β-amino-alcohol motifs (C(OH)–C–C–N with tert-alkyl or cyclic N) is 1. The summed E-state index contributed by atoms with van der Waals surface area (Å²) in [5.41, 5.74) is 1.73. The summed E-state index contributed by atoms with van der Waals surface area (Å²) in [6, 6.07) is 4.79. The van der Waals surface area contributed by atoms with Crippen LogP contribution in [0, 0.1) is 0 Å². The minimum absolute atomic E-state index is 0.0240. The lowest BCUT2D eigenvalue weighted by atomic mass is 10.0. The third-order valence-electron chi connectivity index (χ3n) is 3.76. The highest BCUT2D eigenvalue weighted by molar-refractivity contribution is 6.00. The molecule has 1 aromatic carbocycles. The Morgan fingerprint density at radius 2 is 2.00 bits per heavy atom. The normalized spacial score (nSPS) is 18.6. The van der Waals surface area contributed by atoms with Crippen molar-refractivity contribution in [3.8, 4) is 0 Å². The monoisotopic (exact) mass is 305 g/mol.